The first-order valence-electron chi connectivity index (χ1n) is 12.9. The Morgan fingerprint density at radius 3 is 2.70 bits per heavy atom. The number of methoxy groups -OCH3 is 1. The molecule has 0 unspecified atom stereocenters. The summed E-state index contributed by atoms with van der Waals surface area (Å²) in [6.45, 7) is 2.27. The zero-order valence-electron chi connectivity index (χ0n) is 21.8. The summed E-state index contributed by atoms with van der Waals surface area (Å²) in [6.07, 6.45) is 3.46. The van der Waals surface area contributed by atoms with Crippen molar-refractivity contribution in [2.24, 2.45) is 4.99 Å². The predicted octanol–water partition coefficient (Wildman–Crippen LogP) is 4.81. The average Bonchev–Trinajstić information content (AvgIpc) is 3.28. The van der Waals surface area contributed by atoms with Crippen LogP contribution in [0.4, 0.5) is 0 Å². The van der Waals surface area contributed by atoms with E-state index in [2.05, 4.69) is 34.7 Å². The van der Waals surface area contributed by atoms with Crippen LogP contribution in [-0.4, -0.2) is 29.4 Å². The van der Waals surface area contributed by atoms with Gasteiger partial charge in [0.2, 0.25) is 0 Å². The van der Waals surface area contributed by atoms with Crippen LogP contribution in [0.3, 0.4) is 0 Å². The summed E-state index contributed by atoms with van der Waals surface area (Å²) in [5.41, 5.74) is 6.30. The van der Waals surface area contributed by atoms with Gasteiger partial charge in [-0.05, 0) is 95.0 Å². The standard InChI is InChI=1S/C31H25IN2O5S/c1-3-39-24-15-17(14-23(32)28(24)35)16-25-29(36)34-27(19-8-10-20(11-9-19)30(37)38-2)22-13-12-18-6-4-5-7-21(18)26(22)33-31(34)40-25/h4-11,14-16,27,35H,3,12-13H2,1-2H3/b25-16-/t27-/m1/s1. The fraction of sp³-hybridized carbons (Fsp3) is 0.194. The fourth-order valence-electron chi connectivity index (χ4n) is 5.34. The Labute approximate surface area is 247 Å². The normalized spacial score (nSPS) is 16.1. The molecule has 7 nitrogen and oxygen atoms in total. The van der Waals surface area contributed by atoms with Gasteiger partial charge in [-0.3, -0.25) is 9.36 Å². The van der Waals surface area contributed by atoms with Crippen molar-refractivity contribution in [2.45, 2.75) is 25.8 Å². The number of rotatable bonds is 5. The largest absolute Gasteiger partial charge is 0.504 e. The first-order valence-corrected chi connectivity index (χ1v) is 14.8. The molecule has 6 rings (SSSR count). The molecule has 1 aliphatic heterocycles. The van der Waals surface area contributed by atoms with Crippen LogP contribution >= 0.6 is 33.9 Å². The van der Waals surface area contributed by atoms with Crippen LogP contribution in [0.15, 0.2) is 76.0 Å². The van der Waals surface area contributed by atoms with E-state index in [1.54, 1.807) is 22.8 Å². The lowest BCUT2D eigenvalue weighted by molar-refractivity contribution is 0.0600. The lowest BCUT2D eigenvalue weighted by atomic mass is 9.83. The van der Waals surface area contributed by atoms with Crippen molar-refractivity contribution >= 4 is 51.7 Å². The van der Waals surface area contributed by atoms with Gasteiger partial charge < -0.3 is 14.6 Å². The average molecular weight is 665 g/mol. The summed E-state index contributed by atoms with van der Waals surface area (Å²) in [6, 6.07) is 18.7. The van der Waals surface area contributed by atoms with E-state index < -0.39 is 5.97 Å². The number of nitrogens with zero attached hydrogens (tertiary/aromatic N) is 2. The van der Waals surface area contributed by atoms with Gasteiger partial charge in [-0.2, -0.15) is 0 Å². The Bertz CT molecular complexity index is 1870. The van der Waals surface area contributed by atoms with E-state index in [4.69, 9.17) is 14.5 Å². The lowest BCUT2D eigenvalue weighted by Gasteiger charge is -2.30. The van der Waals surface area contributed by atoms with Gasteiger partial charge >= 0.3 is 5.97 Å². The molecule has 0 fully saturated rings. The molecule has 1 aliphatic carbocycles. The van der Waals surface area contributed by atoms with Gasteiger partial charge in [0.25, 0.3) is 5.56 Å². The van der Waals surface area contributed by atoms with Gasteiger partial charge in [0.05, 0.1) is 39.1 Å². The molecule has 2 heterocycles. The van der Waals surface area contributed by atoms with Gasteiger partial charge in [-0.1, -0.05) is 47.7 Å². The zero-order valence-corrected chi connectivity index (χ0v) is 24.8. The van der Waals surface area contributed by atoms with Crippen molar-refractivity contribution in [3.05, 3.63) is 117 Å². The first-order chi connectivity index (χ1) is 19.4. The summed E-state index contributed by atoms with van der Waals surface area (Å²) in [4.78, 5) is 31.7. The Morgan fingerprint density at radius 2 is 1.95 bits per heavy atom. The number of halogens is 1. The van der Waals surface area contributed by atoms with E-state index in [0.29, 0.717) is 30.8 Å². The third kappa shape index (κ3) is 4.56. The number of ether oxygens (including phenoxy) is 2. The number of carbonyl (C=O) groups excluding carboxylic acids is 1. The highest BCUT2D eigenvalue weighted by Crippen LogP contribution is 2.41. The molecule has 2 aliphatic rings. The molecule has 1 atom stereocenters. The number of aromatic hydroxyl groups is 1. The van der Waals surface area contributed by atoms with Gasteiger partial charge in [-0.25, -0.2) is 9.79 Å². The monoisotopic (exact) mass is 664 g/mol. The number of fused-ring (bicyclic) bond motifs is 3. The SMILES string of the molecule is CCOc1cc(/C=c2\sc3n(c2=O)[C@H](c2ccc(C(=O)OC)cc2)C2=C(N=3)c3ccccc3CC2)cc(I)c1O. The van der Waals surface area contributed by atoms with E-state index >= 15 is 0 Å². The van der Waals surface area contributed by atoms with Crippen molar-refractivity contribution in [1.29, 1.82) is 0 Å². The molecule has 1 aromatic heterocycles. The summed E-state index contributed by atoms with van der Waals surface area (Å²) in [5, 5.41) is 10.4. The smallest absolute Gasteiger partial charge is 0.337 e. The van der Waals surface area contributed by atoms with Crippen molar-refractivity contribution < 1.29 is 19.4 Å². The highest BCUT2D eigenvalue weighted by Gasteiger charge is 2.32. The van der Waals surface area contributed by atoms with Crippen molar-refractivity contribution in [1.82, 2.24) is 4.57 Å². The maximum Gasteiger partial charge on any atom is 0.337 e. The Balaban J connectivity index is 1.56. The van der Waals surface area contributed by atoms with E-state index in [1.165, 1.54) is 24.0 Å². The number of aryl methyl sites for hydroxylation is 1. The van der Waals surface area contributed by atoms with Gasteiger partial charge in [-0.15, -0.1) is 0 Å². The molecule has 0 spiro atoms. The summed E-state index contributed by atoms with van der Waals surface area (Å²) < 4.78 is 13.4. The molecular weight excluding hydrogens is 639 g/mol. The molecule has 0 saturated carbocycles. The number of allylic oxidation sites excluding steroid dienone is 1. The number of esters is 1. The molecular formula is C31H25IN2O5S. The summed E-state index contributed by atoms with van der Waals surface area (Å²) in [7, 11) is 1.36. The zero-order chi connectivity index (χ0) is 28.0. The minimum absolute atomic E-state index is 0.0859. The van der Waals surface area contributed by atoms with Crippen molar-refractivity contribution in [2.75, 3.05) is 13.7 Å². The Morgan fingerprint density at radius 1 is 1.18 bits per heavy atom. The Kier molecular flexibility index (Phi) is 7.09. The molecule has 4 aromatic rings. The number of carbonyl (C=O) groups is 1. The second kappa shape index (κ2) is 10.7. The Hall–Kier alpha value is -3.70. The topological polar surface area (TPSA) is 90.1 Å². The third-order valence-electron chi connectivity index (χ3n) is 7.17. The van der Waals surface area contributed by atoms with Gasteiger partial charge in [0.1, 0.15) is 0 Å². The van der Waals surface area contributed by atoms with E-state index in [-0.39, 0.29) is 17.4 Å². The molecule has 40 heavy (non-hydrogen) atoms. The van der Waals surface area contributed by atoms with Crippen LogP contribution in [0.25, 0.3) is 11.8 Å². The minimum atomic E-state index is -0.406. The highest BCUT2D eigenvalue weighted by atomic mass is 127. The molecule has 0 radical (unpaired) electrons. The fourth-order valence-corrected chi connectivity index (χ4v) is 6.96. The summed E-state index contributed by atoms with van der Waals surface area (Å²) >= 11 is 3.40. The van der Waals surface area contributed by atoms with E-state index in [1.807, 2.05) is 43.3 Å². The number of hydrogen-bond acceptors (Lipinski definition) is 7. The van der Waals surface area contributed by atoms with Crippen molar-refractivity contribution in [3.63, 3.8) is 0 Å². The van der Waals surface area contributed by atoms with Crippen molar-refractivity contribution in [3.8, 4) is 11.5 Å². The molecule has 0 saturated heterocycles. The van der Waals surface area contributed by atoms with Crippen LogP contribution in [0.1, 0.15) is 52.0 Å². The quantitative estimate of drug-likeness (QED) is 0.245. The first kappa shape index (κ1) is 26.5. The van der Waals surface area contributed by atoms with Crippen LogP contribution in [0.5, 0.6) is 11.5 Å². The molecule has 1 N–H and O–H groups in total. The predicted molar refractivity (Wildman–Crippen MR) is 163 cm³/mol. The lowest BCUT2D eigenvalue weighted by Crippen LogP contribution is -2.38. The van der Waals surface area contributed by atoms with Gasteiger partial charge in [0.15, 0.2) is 16.3 Å². The minimum Gasteiger partial charge on any atom is -0.504 e. The van der Waals surface area contributed by atoms with E-state index in [9.17, 15) is 14.7 Å². The molecule has 3 aromatic carbocycles. The van der Waals surface area contributed by atoms with Crippen LogP contribution in [-0.2, 0) is 11.2 Å². The third-order valence-corrected chi connectivity index (χ3v) is 8.97. The van der Waals surface area contributed by atoms with Crippen LogP contribution in [0.2, 0.25) is 0 Å². The number of thiazole rings is 1. The molecule has 0 amide bonds. The van der Waals surface area contributed by atoms with Gasteiger partial charge in [0, 0.05) is 5.56 Å². The van der Waals surface area contributed by atoms with Crippen LogP contribution in [0, 0.1) is 3.57 Å². The number of hydrogen-bond donors (Lipinski definition) is 1. The molecule has 0 bridgehead atoms. The number of aromatic nitrogens is 1. The second-order valence-corrected chi connectivity index (χ2v) is 11.7. The summed E-state index contributed by atoms with van der Waals surface area (Å²) in [5.74, 6) is 0.0591. The van der Waals surface area contributed by atoms with Crippen LogP contribution < -0.4 is 19.6 Å². The maximum absolute atomic E-state index is 14.0. The number of phenols is 1. The highest BCUT2D eigenvalue weighted by molar-refractivity contribution is 14.1. The molecule has 9 heteroatoms. The maximum atomic E-state index is 14.0. The second-order valence-electron chi connectivity index (χ2n) is 9.51. The number of benzene rings is 3. The van der Waals surface area contributed by atoms with E-state index in [0.717, 1.165) is 40.8 Å². The molecule has 202 valence electrons. The number of phenolic OH excluding ortho intramolecular Hbond substituents is 1.